The SMILES string of the molecule is CC(=O)N1CCCCOC1=O. The molecule has 1 rings (SSSR count). The molecule has 0 bridgehead atoms. The molecule has 0 aromatic heterocycles. The second-order valence-corrected chi connectivity index (χ2v) is 2.49. The Bertz CT molecular complexity index is 179. The number of carbonyl (C=O) groups is 2. The first-order valence-electron chi connectivity index (χ1n) is 3.66. The summed E-state index contributed by atoms with van der Waals surface area (Å²) in [4.78, 5) is 22.9. The minimum atomic E-state index is -0.505. The third-order valence-electron chi connectivity index (χ3n) is 1.60. The van der Waals surface area contributed by atoms with Crippen LogP contribution in [0.2, 0.25) is 0 Å². The number of hydrogen-bond acceptors (Lipinski definition) is 3. The van der Waals surface area contributed by atoms with E-state index < -0.39 is 6.09 Å². The Hall–Kier alpha value is -1.06. The van der Waals surface area contributed by atoms with Crippen LogP contribution in [0.4, 0.5) is 4.79 Å². The predicted molar refractivity (Wildman–Crippen MR) is 38.0 cm³/mol. The maximum atomic E-state index is 10.9. The van der Waals surface area contributed by atoms with Crippen molar-refractivity contribution in [3.63, 3.8) is 0 Å². The lowest BCUT2D eigenvalue weighted by Crippen LogP contribution is -2.34. The van der Waals surface area contributed by atoms with Gasteiger partial charge in [0.25, 0.3) is 0 Å². The Kier molecular flexibility index (Phi) is 2.46. The lowest BCUT2D eigenvalue weighted by atomic mass is 10.3. The molecule has 0 aliphatic carbocycles. The zero-order chi connectivity index (χ0) is 8.27. The highest BCUT2D eigenvalue weighted by molar-refractivity contribution is 5.90. The van der Waals surface area contributed by atoms with E-state index in [1.165, 1.54) is 6.92 Å². The third-order valence-corrected chi connectivity index (χ3v) is 1.60. The molecule has 0 aromatic rings. The van der Waals surface area contributed by atoms with Crippen molar-refractivity contribution in [1.29, 1.82) is 0 Å². The average Bonchev–Trinajstić information content (AvgIpc) is 2.13. The Morgan fingerprint density at radius 2 is 2.27 bits per heavy atom. The molecule has 1 saturated heterocycles. The summed E-state index contributed by atoms with van der Waals surface area (Å²) in [6.07, 6.45) is 1.18. The number of amides is 2. The molecule has 1 aliphatic heterocycles. The van der Waals surface area contributed by atoms with Crippen molar-refractivity contribution in [1.82, 2.24) is 4.90 Å². The Balaban J connectivity index is 2.59. The van der Waals surface area contributed by atoms with Crippen LogP contribution in [0.3, 0.4) is 0 Å². The number of hydrogen-bond donors (Lipinski definition) is 0. The van der Waals surface area contributed by atoms with Gasteiger partial charge in [-0.3, -0.25) is 4.79 Å². The highest BCUT2D eigenvalue weighted by Gasteiger charge is 2.20. The normalized spacial score (nSPS) is 19.0. The van der Waals surface area contributed by atoms with Crippen molar-refractivity contribution < 1.29 is 14.3 Å². The van der Waals surface area contributed by atoms with Crippen molar-refractivity contribution in [2.24, 2.45) is 0 Å². The molecule has 1 heterocycles. The van der Waals surface area contributed by atoms with Crippen molar-refractivity contribution in [2.75, 3.05) is 13.2 Å². The summed E-state index contributed by atoms with van der Waals surface area (Å²) < 4.78 is 4.74. The summed E-state index contributed by atoms with van der Waals surface area (Å²) in [5.74, 6) is -0.239. The molecule has 0 unspecified atom stereocenters. The quantitative estimate of drug-likeness (QED) is 0.521. The van der Waals surface area contributed by atoms with Crippen LogP contribution in [0.15, 0.2) is 0 Å². The van der Waals surface area contributed by atoms with E-state index in [9.17, 15) is 9.59 Å². The fourth-order valence-corrected chi connectivity index (χ4v) is 0.987. The minimum absolute atomic E-state index is 0.239. The molecule has 62 valence electrons. The molecule has 1 fully saturated rings. The third kappa shape index (κ3) is 1.93. The zero-order valence-corrected chi connectivity index (χ0v) is 6.50. The highest BCUT2D eigenvalue weighted by Crippen LogP contribution is 2.05. The van der Waals surface area contributed by atoms with Crippen LogP contribution in [-0.2, 0) is 9.53 Å². The second kappa shape index (κ2) is 3.37. The molecule has 0 N–H and O–H groups in total. The van der Waals surface area contributed by atoms with Gasteiger partial charge in [0, 0.05) is 13.5 Å². The molecule has 0 atom stereocenters. The van der Waals surface area contributed by atoms with Gasteiger partial charge in [-0.2, -0.15) is 0 Å². The van der Waals surface area contributed by atoms with E-state index in [4.69, 9.17) is 4.74 Å². The molecule has 2 amide bonds. The van der Waals surface area contributed by atoms with Crippen LogP contribution < -0.4 is 0 Å². The van der Waals surface area contributed by atoms with Crippen molar-refractivity contribution in [3.8, 4) is 0 Å². The van der Waals surface area contributed by atoms with Gasteiger partial charge in [-0.25, -0.2) is 9.69 Å². The van der Waals surface area contributed by atoms with Crippen LogP contribution in [-0.4, -0.2) is 30.1 Å². The smallest absolute Gasteiger partial charge is 0.416 e. The van der Waals surface area contributed by atoms with Gasteiger partial charge in [-0.15, -0.1) is 0 Å². The molecule has 0 spiro atoms. The van der Waals surface area contributed by atoms with Crippen LogP contribution in [0.1, 0.15) is 19.8 Å². The largest absolute Gasteiger partial charge is 0.449 e. The second-order valence-electron chi connectivity index (χ2n) is 2.49. The number of ether oxygens (including phenoxy) is 1. The van der Waals surface area contributed by atoms with Gasteiger partial charge in [0.15, 0.2) is 0 Å². The fraction of sp³-hybridized carbons (Fsp3) is 0.714. The molecule has 4 heteroatoms. The Morgan fingerprint density at radius 3 is 2.91 bits per heavy atom. The Morgan fingerprint density at radius 1 is 1.55 bits per heavy atom. The maximum absolute atomic E-state index is 10.9. The molecule has 0 aromatic carbocycles. The first kappa shape index (κ1) is 8.04. The first-order chi connectivity index (χ1) is 5.22. The van der Waals surface area contributed by atoms with Crippen molar-refractivity contribution in [3.05, 3.63) is 0 Å². The number of nitrogens with zero attached hydrogens (tertiary/aromatic N) is 1. The molecule has 0 radical (unpaired) electrons. The Labute approximate surface area is 65.1 Å². The zero-order valence-electron chi connectivity index (χ0n) is 6.50. The first-order valence-corrected chi connectivity index (χ1v) is 3.66. The van der Waals surface area contributed by atoms with Crippen LogP contribution in [0.25, 0.3) is 0 Å². The summed E-state index contributed by atoms with van der Waals surface area (Å²) >= 11 is 0. The summed E-state index contributed by atoms with van der Waals surface area (Å²) in [5, 5.41) is 0. The number of carbonyl (C=O) groups excluding carboxylic acids is 2. The monoisotopic (exact) mass is 157 g/mol. The van der Waals surface area contributed by atoms with Gasteiger partial charge in [0.1, 0.15) is 0 Å². The molecule has 0 saturated carbocycles. The topological polar surface area (TPSA) is 46.6 Å². The standard InChI is InChI=1S/C7H11NO3/c1-6(9)8-4-2-3-5-11-7(8)10/h2-5H2,1H3. The lowest BCUT2D eigenvalue weighted by Gasteiger charge is -2.13. The highest BCUT2D eigenvalue weighted by atomic mass is 16.6. The van der Waals surface area contributed by atoms with Crippen LogP contribution >= 0.6 is 0 Å². The molecule has 11 heavy (non-hydrogen) atoms. The number of imide groups is 1. The van der Waals surface area contributed by atoms with E-state index in [1.807, 2.05) is 0 Å². The average molecular weight is 157 g/mol. The summed E-state index contributed by atoms with van der Waals surface area (Å²) in [6.45, 7) is 2.30. The summed E-state index contributed by atoms with van der Waals surface area (Å²) in [7, 11) is 0. The predicted octanol–water partition coefficient (Wildman–Crippen LogP) is 0.765. The minimum Gasteiger partial charge on any atom is -0.449 e. The van der Waals surface area contributed by atoms with E-state index in [2.05, 4.69) is 0 Å². The van der Waals surface area contributed by atoms with Gasteiger partial charge in [0.05, 0.1) is 6.61 Å². The molecule has 1 aliphatic rings. The van der Waals surface area contributed by atoms with E-state index in [0.717, 1.165) is 17.7 Å². The van der Waals surface area contributed by atoms with E-state index >= 15 is 0 Å². The maximum Gasteiger partial charge on any atom is 0.416 e. The van der Waals surface area contributed by atoms with E-state index in [-0.39, 0.29) is 5.91 Å². The lowest BCUT2D eigenvalue weighted by molar-refractivity contribution is -0.126. The van der Waals surface area contributed by atoms with Gasteiger partial charge >= 0.3 is 6.09 Å². The van der Waals surface area contributed by atoms with Gasteiger partial charge in [-0.1, -0.05) is 0 Å². The number of cyclic esters (lactones) is 1. The molecular formula is C7H11NO3. The van der Waals surface area contributed by atoms with Crippen molar-refractivity contribution in [2.45, 2.75) is 19.8 Å². The summed E-state index contributed by atoms with van der Waals surface area (Å²) in [5.41, 5.74) is 0. The summed E-state index contributed by atoms with van der Waals surface area (Å²) in [6, 6.07) is 0. The molecule has 4 nitrogen and oxygen atoms in total. The van der Waals surface area contributed by atoms with E-state index in [1.54, 1.807) is 0 Å². The van der Waals surface area contributed by atoms with Crippen molar-refractivity contribution >= 4 is 12.0 Å². The van der Waals surface area contributed by atoms with E-state index in [0.29, 0.717) is 13.2 Å². The fourth-order valence-electron chi connectivity index (χ4n) is 0.987. The van der Waals surface area contributed by atoms with Crippen LogP contribution in [0, 0.1) is 0 Å². The number of rotatable bonds is 0. The van der Waals surface area contributed by atoms with Gasteiger partial charge < -0.3 is 4.74 Å². The van der Waals surface area contributed by atoms with Gasteiger partial charge in [-0.05, 0) is 12.8 Å². The molecular weight excluding hydrogens is 146 g/mol. The van der Waals surface area contributed by atoms with Crippen LogP contribution in [0.5, 0.6) is 0 Å². The van der Waals surface area contributed by atoms with Gasteiger partial charge in [0.2, 0.25) is 5.91 Å².